The van der Waals surface area contributed by atoms with Crippen molar-refractivity contribution in [2.24, 2.45) is 56.2 Å². The lowest BCUT2D eigenvalue weighted by atomic mass is 9.29. The molecule has 10 atom stereocenters. The number of aliphatic hydroxyl groups is 2. The van der Waals surface area contributed by atoms with E-state index in [1.165, 1.54) is 25.7 Å². The van der Waals surface area contributed by atoms with Crippen molar-refractivity contribution in [1.82, 2.24) is 0 Å². The standard InChI is InChI=1S/C30H50O3/c1-19-20(32)8-9-21-27(19,5)11-10-22-28(21,6)14-15-29(7)23-16-25(2,3)12-13-26(23,4)17-24(33)30(22,29)18-31/h19,21-24,31,33H,8-18H2,1-7H3. The van der Waals surface area contributed by atoms with Crippen LogP contribution in [0.4, 0.5) is 0 Å². The molecule has 0 aliphatic heterocycles. The number of fused-ring (bicyclic) bond motifs is 7. The van der Waals surface area contributed by atoms with Gasteiger partial charge in [-0.25, -0.2) is 0 Å². The van der Waals surface area contributed by atoms with Crippen molar-refractivity contribution in [2.75, 3.05) is 6.61 Å². The van der Waals surface area contributed by atoms with E-state index in [1.807, 2.05) is 0 Å². The Morgan fingerprint density at radius 3 is 2.18 bits per heavy atom. The Morgan fingerprint density at radius 1 is 0.818 bits per heavy atom. The van der Waals surface area contributed by atoms with Gasteiger partial charge >= 0.3 is 0 Å². The number of hydrogen-bond acceptors (Lipinski definition) is 3. The summed E-state index contributed by atoms with van der Waals surface area (Å²) in [5, 5.41) is 23.4. The average molecular weight is 459 g/mol. The van der Waals surface area contributed by atoms with Crippen molar-refractivity contribution < 1.29 is 15.0 Å². The largest absolute Gasteiger partial charge is 0.396 e. The second kappa shape index (κ2) is 7.09. The van der Waals surface area contributed by atoms with Crippen molar-refractivity contribution in [2.45, 2.75) is 119 Å². The van der Waals surface area contributed by atoms with Gasteiger partial charge in [-0.1, -0.05) is 48.5 Å². The van der Waals surface area contributed by atoms with Gasteiger partial charge in [0.15, 0.2) is 0 Å². The number of carbonyl (C=O) groups is 1. The Morgan fingerprint density at radius 2 is 1.52 bits per heavy atom. The smallest absolute Gasteiger partial charge is 0.136 e. The number of hydrogen-bond donors (Lipinski definition) is 2. The normalized spacial score (nSPS) is 58.0. The van der Waals surface area contributed by atoms with Crippen molar-refractivity contribution >= 4 is 5.78 Å². The highest BCUT2D eigenvalue weighted by Gasteiger charge is 2.74. The van der Waals surface area contributed by atoms with Gasteiger partial charge in [0, 0.05) is 17.8 Å². The van der Waals surface area contributed by atoms with Crippen LogP contribution in [-0.4, -0.2) is 28.7 Å². The maximum absolute atomic E-state index is 12.7. The summed E-state index contributed by atoms with van der Waals surface area (Å²) < 4.78 is 0. The molecule has 0 aromatic rings. The highest BCUT2D eigenvalue weighted by Crippen LogP contribution is 2.78. The summed E-state index contributed by atoms with van der Waals surface area (Å²) in [6.07, 6.45) is 10.1. The van der Waals surface area contributed by atoms with E-state index in [0.29, 0.717) is 35.4 Å². The van der Waals surface area contributed by atoms with E-state index in [2.05, 4.69) is 48.5 Å². The summed E-state index contributed by atoms with van der Waals surface area (Å²) in [5.74, 6) is 1.97. The zero-order valence-electron chi connectivity index (χ0n) is 22.5. The first-order valence-corrected chi connectivity index (χ1v) is 14.0. The van der Waals surface area contributed by atoms with Gasteiger partial charge in [-0.2, -0.15) is 0 Å². The van der Waals surface area contributed by atoms with Crippen molar-refractivity contribution in [3.8, 4) is 0 Å². The third kappa shape index (κ3) is 2.85. The third-order valence-electron chi connectivity index (χ3n) is 13.6. The lowest BCUT2D eigenvalue weighted by molar-refractivity contribution is -0.307. The fourth-order valence-electron chi connectivity index (χ4n) is 11.4. The summed E-state index contributed by atoms with van der Waals surface area (Å²) in [4.78, 5) is 12.7. The minimum atomic E-state index is -0.438. The topological polar surface area (TPSA) is 57.5 Å². The number of ketones is 1. The molecule has 0 spiro atoms. The highest BCUT2D eigenvalue weighted by molar-refractivity contribution is 5.82. The molecule has 5 aliphatic rings. The van der Waals surface area contributed by atoms with Crippen LogP contribution in [0, 0.1) is 56.2 Å². The molecule has 5 saturated carbocycles. The van der Waals surface area contributed by atoms with Crippen LogP contribution in [0.1, 0.15) is 113 Å². The van der Waals surface area contributed by atoms with Gasteiger partial charge in [-0.05, 0) is 103 Å². The molecule has 33 heavy (non-hydrogen) atoms. The lowest BCUT2D eigenvalue weighted by Crippen LogP contribution is -2.73. The predicted octanol–water partition coefficient (Wildman–Crippen LogP) is 6.40. The molecule has 188 valence electrons. The second-order valence-corrected chi connectivity index (χ2v) is 15.3. The molecule has 3 nitrogen and oxygen atoms in total. The molecule has 3 heteroatoms. The summed E-state index contributed by atoms with van der Waals surface area (Å²) >= 11 is 0. The molecule has 0 aromatic heterocycles. The van der Waals surface area contributed by atoms with E-state index >= 15 is 0 Å². The molecule has 0 saturated heterocycles. The fourth-order valence-corrected chi connectivity index (χ4v) is 11.4. The molecule has 2 N–H and O–H groups in total. The fraction of sp³-hybridized carbons (Fsp3) is 0.967. The van der Waals surface area contributed by atoms with Gasteiger partial charge < -0.3 is 10.2 Å². The van der Waals surface area contributed by atoms with Crippen LogP contribution >= 0.6 is 0 Å². The summed E-state index contributed by atoms with van der Waals surface area (Å²) in [6, 6.07) is 0. The zero-order valence-corrected chi connectivity index (χ0v) is 22.5. The predicted molar refractivity (Wildman–Crippen MR) is 133 cm³/mol. The highest BCUT2D eigenvalue weighted by atomic mass is 16.3. The average Bonchev–Trinajstić information content (AvgIpc) is 2.73. The number of Topliss-reactive ketones (excluding diaryl/α,β-unsaturated/α-hetero) is 1. The summed E-state index contributed by atoms with van der Waals surface area (Å²) in [6.45, 7) is 16.9. The Bertz CT molecular complexity index is 834. The first-order chi connectivity index (χ1) is 15.2. The third-order valence-corrected chi connectivity index (χ3v) is 13.6. The number of rotatable bonds is 1. The molecule has 0 radical (unpaired) electrons. The van der Waals surface area contributed by atoms with Crippen LogP contribution in [0.3, 0.4) is 0 Å². The molecule has 0 bridgehead atoms. The number of aliphatic hydroxyl groups excluding tert-OH is 2. The number of carbonyl (C=O) groups excluding carboxylic acids is 1. The zero-order chi connectivity index (χ0) is 24.2. The van der Waals surface area contributed by atoms with Crippen LogP contribution in [0.2, 0.25) is 0 Å². The van der Waals surface area contributed by atoms with Gasteiger partial charge in [0.25, 0.3) is 0 Å². The molecular formula is C30H50O3. The van der Waals surface area contributed by atoms with E-state index in [1.54, 1.807) is 0 Å². The van der Waals surface area contributed by atoms with Crippen LogP contribution in [0.5, 0.6) is 0 Å². The van der Waals surface area contributed by atoms with E-state index in [0.717, 1.165) is 32.1 Å². The maximum atomic E-state index is 12.7. The van der Waals surface area contributed by atoms with Gasteiger partial charge in [0.2, 0.25) is 0 Å². The molecule has 5 rings (SSSR count). The second-order valence-electron chi connectivity index (χ2n) is 15.3. The molecule has 5 fully saturated rings. The SMILES string of the molecule is CC1C(=O)CCC2C1(C)CCC1C2(C)CCC2(C)C3CC(C)(C)CCC3(C)CC(O)C12CO. The molecule has 0 amide bonds. The maximum Gasteiger partial charge on any atom is 0.136 e. The van der Waals surface area contributed by atoms with Gasteiger partial charge in [-0.15, -0.1) is 0 Å². The first-order valence-electron chi connectivity index (χ1n) is 14.0. The van der Waals surface area contributed by atoms with Crippen LogP contribution < -0.4 is 0 Å². The van der Waals surface area contributed by atoms with E-state index in [4.69, 9.17) is 0 Å². The Balaban J connectivity index is 1.62. The van der Waals surface area contributed by atoms with E-state index in [-0.39, 0.29) is 34.2 Å². The van der Waals surface area contributed by atoms with Crippen molar-refractivity contribution in [3.05, 3.63) is 0 Å². The minimum absolute atomic E-state index is 0.0418. The van der Waals surface area contributed by atoms with E-state index in [9.17, 15) is 15.0 Å². The molecule has 0 heterocycles. The Hall–Kier alpha value is -0.410. The van der Waals surface area contributed by atoms with Crippen LogP contribution in [-0.2, 0) is 4.79 Å². The van der Waals surface area contributed by atoms with Crippen molar-refractivity contribution in [3.63, 3.8) is 0 Å². The van der Waals surface area contributed by atoms with Crippen molar-refractivity contribution in [1.29, 1.82) is 0 Å². The van der Waals surface area contributed by atoms with Crippen LogP contribution in [0.25, 0.3) is 0 Å². The monoisotopic (exact) mass is 458 g/mol. The Kier molecular flexibility index (Phi) is 5.22. The van der Waals surface area contributed by atoms with Gasteiger partial charge in [0.1, 0.15) is 5.78 Å². The molecule has 0 aromatic carbocycles. The molecule has 10 unspecified atom stereocenters. The van der Waals surface area contributed by atoms with Gasteiger partial charge in [0.05, 0.1) is 12.7 Å². The summed E-state index contributed by atoms with van der Waals surface area (Å²) in [7, 11) is 0. The Labute approximate surface area is 202 Å². The van der Waals surface area contributed by atoms with E-state index < -0.39 is 11.5 Å². The van der Waals surface area contributed by atoms with Crippen LogP contribution in [0.15, 0.2) is 0 Å². The quantitative estimate of drug-likeness (QED) is 0.478. The lowest BCUT2D eigenvalue weighted by Gasteiger charge is -2.76. The summed E-state index contributed by atoms with van der Waals surface area (Å²) in [5.41, 5.74) is 0.186. The van der Waals surface area contributed by atoms with Gasteiger partial charge in [-0.3, -0.25) is 4.79 Å². The molecule has 5 aliphatic carbocycles. The first kappa shape index (κ1) is 24.3. The molecular weight excluding hydrogens is 408 g/mol. The minimum Gasteiger partial charge on any atom is -0.396 e.